The third-order valence-electron chi connectivity index (χ3n) is 6.03. The summed E-state index contributed by atoms with van der Waals surface area (Å²) in [5.41, 5.74) is 1.71. The maximum atomic E-state index is 11.7. The third kappa shape index (κ3) is 9.70. The van der Waals surface area contributed by atoms with Gasteiger partial charge < -0.3 is 34.4 Å². The summed E-state index contributed by atoms with van der Waals surface area (Å²) in [5, 5.41) is 39.3. The number of aliphatic hydroxyl groups excluding tert-OH is 4. The van der Waals surface area contributed by atoms with Crippen molar-refractivity contribution in [2.45, 2.75) is 37.9 Å². The largest absolute Gasteiger partial charge is 0.778 e. The molecule has 0 bridgehead atoms. The third-order valence-corrected chi connectivity index (χ3v) is 7.34. The zero-order valence-corrected chi connectivity index (χ0v) is 20.5. The zero-order valence-electron chi connectivity index (χ0n) is 19.6. The molecule has 10 nitrogen and oxygen atoms in total. The van der Waals surface area contributed by atoms with E-state index in [2.05, 4.69) is 14.3 Å². The van der Waals surface area contributed by atoms with E-state index in [1.165, 1.54) is 0 Å². The number of hydrogen-bond donors (Lipinski definition) is 4. The highest BCUT2D eigenvalue weighted by Gasteiger charge is 2.27. The van der Waals surface area contributed by atoms with Crippen LogP contribution in [0.15, 0.2) is 24.3 Å². The maximum absolute atomic E-state index is 11.7. The minimum atomic E-state index is -3.86. The summed E-state index contributed by atoms with van der Waals surface area (Å²) < 4.78 is 16.2. The van der Waals surface area contributed by atoms with Crippen molar-refractivity contribution in [3.8, 4) is 0 Å². The average molecular weight is 489 g/mol. The van der Waals surface area contributed by atoms with Crippen molar-refractivity contribution in [2.24, 2.45) is 0 Å². The van der Waals surface area contributed by atoms with Gasteiger partial charge in [0.15, 0.2) is 0 Å². The van der Waals surface area contributed by atoms with Crippen molar-refractivity contribution >= 4 is 7.60 Å². The van der Waals surface area contributed by atoms with Crippen molar-refractivity contribution < 1.29 is 34.4 Å². The van der Waals surface area contributed by atoms with Crippen LogP contribution in [0.2, 0.25) is 0 Å². The molecule has 1 unspecified atom stereocenters. The smallest absolute Gasteiger partial charge is 0.139 e. The van der Waals surface area contributed by atoms with Crippen molar-refractivity contribution in [1.82, 2.24) is 14.7 Å². The van der Waals surface area contributed by atoms with E-state index in [1.807, 2.05) is 17.0 Å². The molecule has 0 aromatic heterocycles. The molecule has 0 spiro atoms. The molecular formula is C22H39N3O7P-. The van der Waals surface area contributed by atoms with Crippen LogP contribution in [0.4, 0.5) is 0 Å². The van der Waals surface area contributed by atoms with E-state index in [9.17, 15) is 29.9 Å². The Bertz CT molecular complexity index is 737. The maximum Gasteiger partial charge on any atom is 0.139 e. The molecule has 1 aliphatic rings. The lowest BCUT2D eigenvalue weighted by Crippen LogP contribution is -2.51. The second kappa shape index (κ2) is 13.8. The normalized spacial score (nSPS) is 22.0. The number of rotatable bonds is 11. The molecule has 0 saturated carbocycles. The molecule has 33 heavy (non-hydrogen) atoms. The van der Waals surface area contributed by atoms with Gasteiger partial charge in [-0.15, -0.1) is 0 Å². The van der Waals surface area contributed by atoms with Gasteiger partial charge in [0.2, 0.25) is 0 Å². The van der Waals surface area contributed by atoms with Gasteiger partial charge >= 0.3 is 0 Å². The Morgan fingerprint density at radius 1 is 0.970 bits per heavy atom. The Balaban J connectivity index is 2.11. The fourth-order valence-corrected chi connectivity index (χ4v) is 4.89. The summed E-state index contributed by atoms with van der Waals surface area (Å²) in [4.78, 5) is 18.1. The highest BCUT2D eigenvalue weighted by molar-refractivity contribution is 7.50. The monoisotopic (exact) mass is 488 g/mol. The van der Waals surface area contributed by atoms with Gasteiger partial charge in [-0.25, -0.2) is 0 Å². The van der Waals surface area contributed by atoms with Crippen molar-refractivity contribution in [2.75, 3.05) is 66.1 Å². The molecule has 11 heteroatoms. The summed E-state index contributed by atoms with van der Waals surface area (Å²) >= 11 is 0. The molecule has 1 fully saturated rings. The Hall–Kier alpha value is -0.910. The SMILES string of the molecule is COP(=O)([O-])Cc1ccc(CN2CCN(C[C@H](C)O)CCN([C@H](CO)[C@H](O)CO)CC2)cc1. The Labute approximate surface area is 196 Å². The van der Waals surface area contributed by atoms with Gasteiger partial charge in [-0.1, -0.05) is 24.3 Å². The Kier molecular flexibility index (Phi) is 11.9. The van der Waals surface area contributed by atoms with Crippen LogP contribution < -0.4 is 4.89 Å². The first-order chi connectivity index (χ1) is 15.7. The fraction of sp³-hybridized carbons (Fsp3) is 0.727. The van der Waals surface area contributed by atoms with Gasteiger partial charge in [-0.2, -0.15) is 0 Å². The quantitative estimate of drug-likeness (QED) is 0.284. The van der Waals surface area contributed by atoms with E-state index >= 15 is 0 Å². The van der Waals surface area contributed by atoms with E-state index in [0.29, 0.717) is 44.8 Å². The van der Waals surface area contributed by atoms with Crippen LogP contribution in [-0.2, 0) is 21.8 Å². The zero-order chi connectivity index (χ0) is 24.4. The number of nitrogens with zero attached hydrogens (tertiary/aromatic N) is 3. The van der Waals surface area contributed by atoms with Gasteiger partial charge in [-0.3, -0.25) is 14.7 Å². The number of benzene rings is 1. The first kappa shape index (κ1) is 28.3. The second-order valence-electron chi connectivity index (χ2n) is 8.73. The molecule has 0 amide bonds. The van der Waals surface area contributed by atoms with Crippen LogP contribution >= 0.6 is 7.60 Å². The standard InChI is InChI=1S/C22H40N3O7P/c1-18(28)13-23-7-8-24(10-12-25(11-9-23)21(15-26)22(29)16-27)14-19-3-5-20(6-4-19)17-33(30,31)32-2/h3-6,18,21-22,26-29H,7-17H2,1-2H3,(H,30,31)/p-1/t18-,21+,22+/m0/s1. The first-order valence-corrected chi connectivity index (χ1v) is 13.1. The molecule has 2 rings (SSSR count). The van der Waals surface area contributed by atoms with E-state index in [0.717, 1.165) is 25.8 Å². The van der Waals surface area contributed by atoms with Crippen LogP contribution in [-0.4, -0.2) is 120 Å². The summed E-state index contributed by atoms with van der Waals surface area (Å²) in [6, 6.07) is 6.84. The minimum absolute atomic E-state index is 0.146. The van der Waals surface area contributed by atoms with Crippen LogP contribution in [0.5, 0.6) is 0 Å². The Morgan fingerprint density at radius 2 is 1.52 bits per heavy atom. The van der Waals surface area contributed by atoms with E-state index < -0.39 is 32.5 Å². The lowest BCUT2D eigenvalue weighted by atomic mass is 10.1. The predicted molar refractivity (Wildman–Crippen MR) is 124 cm³/mol. The average Bonchev–Trinajstić information content (AvgIpc) is 2.87. The van der Waals surface area contributed by atoms with Gasteiger partial charge in [0.05, 0.1) is 31.5 Å². The molecule has 1 saturated heterocycles. The molecule has 1 aromatic rings. The molecule has 1 aliphatic heterocycles. The highest BCUT2D eigenvalue weighted by Crippen LogP contribution is 2.39. The van der Waals surface area contributed by atoms with Crippen LogP contribution in [0.25, 0.3) is 0 Å². The second-order valence-corrected chi connectivity index (χ2v) is 10.6. The van der Waals surface area contributed by atoms with E-state index in [4.69, 9.17) is 0 Å². The molecule has 190 valence electrons. The molecule has 1 heterocycles. The van der Waals surface area contributed by atoms with Gasteiger partial charge in [-0.05, 0) is 18.1 Å². The summed E-state index contributed by atoms with van der Waals surface area (Å²) in [5.74, 6) is 0. The highest BCUT2D eigenvalue weighted by atomic mass is 31.2. The predicted octanol–water partition coefficient (Wildman–Crippen LogP) is -1.10. The molecule has 1 aromatic carbocycles. The first-order valence-electron chi connectivity index (χ1n) is 11.4. The summed E-state index contributed by atoms with van der Waals surface area (Å²) in [6.07, 6.45) is -1.65. The van der Waals surface area contributed by atoms with Crippen molar-refractivity contribution in [1.29, 1.82) is 0 Å². The molecular weight excluding hydrogens is 449 g/mol. The molecule has 0 radical (unpaired) electrons. The number of hydrogen-bond acceptors (Lipinski definition) is 10. The lowest BCUT2D eigenvalue weighted by molar-refractivity contribution is -0.196. The topological polar surface area (TPSA) is 140 Å². The van der Waals surface area contributed by atoms with Gasteiger partial charge in [0.1, 0.15) is 7.60 Å². The number of β-amino-alcohol motifs (C(OH)–C–C–N with tert-alkyl or cyclic N) is 1. The van der Waals surface area contributed by atoms with Gasteiger partial charge in [0, 0.05) is 65.6 Å². The van der Waals surface area contributed by atoms with E-state index in [1.54, 1.807) is 19.1 Å². The van der Waals surface area contributed by atoms with E-state index in [-0.39, 0.29) is 12.8 Å². The van der Waals surface area contributed by atoms with Crippen molar-refractivity contribution in [3.05, 3.63) is 35.4 Å². The van der Waals surface area contributed by atoms with Crippen LogP contribution in [0, 0.1) is 0 Å². The Morgan fingerprint density at radius 3 is 2.06 bits per heavy atom. The molecule has 0 aliphatic carbocycles. The minimum Gasteiger partial charge on any atom is -0.778 e. The van der Waals surface area contributed by atoms with Crippen LogP contribution in [0.3, 0.4) is 0 Å². The van der Waals surface area contributed by atoms with Crippen molar-refractivity contribution in [3.63, 3.8) is 0 Å². The lowest BCUT2D eigenvalue weighted by Gasteiger charge is -2.34. The number of aliphatic hydroxyl groups is 4. The summed E-state index contributed by atoms with van der Waals surface area (Å²) in [6.45, 7) is 6.36. The summed E-state index contributed by atoms with van der Waals surface area (Å²) in [7, 11) is -2.70. The van der Waals surface area contributed by atoms with Gasteiger partial charge in [0.25, 0.3) is 0 Å². The van der Waals surface area contributed by atoms with Crippen LogP contribution in [0.1, 0.15) is 18.1 Å². The fourth-order valence-electron chi connectivity index (χ4n) is 4.10. The molecule has 4 N–H and O–H groups in total. The molecule has 4 atom stereocenters.